The zero-order chi connectivity index (χ0) is 13.7. The van der Waals surface area contributed by atoms with E-state index < -0.39 is 36.1 Å². The molecule has 2 heterocycles. The number of hydrogen-bond acceptors (Lipinski definition) is 12. The molecule has 0 spiro atoms. The minimum atomic E-state index is -1.08. The van der Waals surface area contributed by atoms with Gasteiger partial charge in [-0.1, -0.05) is 0 Å². The first-order valence-electron chi connectivity index (χ1n) is 3.91. The first-order valence-corrected chi connectivity index (χ1v) is 3.91. The maximum absolute atomic E-state index is 10.0. The molecule has 123 valence electrons. The quantitative estimate of drug-likeness (QED) is 0.348. The fourth-order valence-corrected chi connectivity index (χ4v) is 0.641. The molecule has 0 aliphatic rings. The topological polar surface area (TPSA) is 216 Å². The predicted octanol–water partition coefficient (Wildman–Crippen LogP) is -5.82. The third kappa shape index (κ3) is 9.84. The first kappa shape index (κ1) is 24.4. The summed E-state index contributed by atoms with van der Waals surface area (Å²) in [5, 5.41) is 60.3. The molecule has 0 fully saturated rings. The number of rotatable bonds is 0. The van der Waals surface area contributed by atoms with Gasteiger partial charge in [-0.3, -0.25) is 0 Å². The van der Waals surface area contributed by atoms with Gasteiger partial charge in [-0.15, -0.1) is 0 Å². The van der Waals surface area contributed by atoms with E-state index in [0.717, 1.165) is 0 Å². The Morgan fingerprint density at radius 3 is 0.524 bits per heavy atom. The van der Waals surface area contributed by atoms with Crippen LogP contribution < -0.4 is 30.6 Å². The predicted molar refractivity (Wildman–Crippen MR) is 36.3 cm³/mol. The van der Waals surface area contributed by atoms with Crippen LogP contribution in [0.4, 0.5) is 0 Å². The molecule has 2 aromatic rings. The van der Waals surface area contributed by atoms with Crippen LogP contribution in [-0.4, -0.2) is 29.9 Å². The van der Waals surface area contributed by atoms with Crippen LogP contribution in [-0.2, 0) is 51.2 Å². The van der Waals surface area contributed by atoms with Gasteiger partial charge < -0.3 is 30.6 Å². The summed E-state index contributed by atoms with van der Waals surface area (Å²) in [5.74, 6) is 0. The Hall–Kier alpha value is -1.62. The van der Waals surface area contributed by atoms with Gasteiger partial charge in [0.1, 0.15) is 0 Å². The van der Waals surface area contributed by atoms with Crippen molar-refractivity contribution >= 4 is 0 Å². The van der Waals surface area contributed by atoms with Crippen molar-refractivity contribution in [1.82, 2.24) is 29.9 Å². The van der Waals surface area contributed by atoms with Crippen LogP contribution in [0.5, 0.6) is 36.1 Å². The molecule has 12 nitrogen and oxygen atoms in total. The molecule has 3 radical (unpaired) electrons. The number of hydrogen-bond donors (Lipinski definition) is 0. The number of nitrogens with zero attached hydrogens (tertiary/aromatic N) is 6. The van der Waals surface area contributed by atoms with Crippen molar-refractivity contribution in [1.29, 1.82) is 0 Å². The fourth-order valence-electron chi connectivity index (χ4n) is 0.641. The SMILES string of the molecule is [Cu+2].[Cu+2].[Cu+2].[O-]c1nc([O-])nc([O-])n1.[O-]c1nc([O-])nc([O-])n1. The Labute approximate surface area is 147 Å². The van der Waals surface area contributed by atoms with Gasteiger partial charge >= 0.3 is 51.2 Å². The Morgan fingerprint density at radius 2 is 0.429 bits per heavy atom. The van der Waals surface area contributed by atoms with Crippen molar-refractivity contribution in [2.45, 2.75) is 0 Å². The average Bonchev–Trinajstić information content (AvgIpc) is 2.12. The van der Waals surface area contributed by atoms with E-state index in [1.165, 1.54) is 0 Å². The minimum absolute atomic E-state index is 0. The van der Waals surface area contributed by atoms with Gasteiger partial charge in [-0.2, -0.15) is 0 Å². The summed E-state index contributed by atoms with van der Waals surface area (Å²) in [7, 11) is 0. The summed E-state index contributed by atoms with van der Waals surface area (Å²) in [4.78, 5) is 16.2. The standard InChI is InChI=1S/2C3H3N3O3.3Cu/c2*7-1-4-2(8)6-3(9)5-1;;;/h2*(H3,4,5,6,7,8,9);;;/q;;3*+2/p-6. The molecule has 2 aromatic heterocycles. The molecule has 0 N–H and O–H groups in total. The van der Waals surface area contributed by atoms with E-state index >= 15 is 0 Å². The molecule has 0 aliphatic heterocycles. The van der Waals surface area contributed by atoms with Crippen LogP contribution in [0.15, 0.2) is 0 Å². The summed E-state index contributed by atoms with van der Waals surface area (Å²) in [6.07, 6.45) is 0. The largest absolute Gasteiger partial charge is 2.00 e. The molecule has 21 heavy (non-hydrogen) atoms. The van der Waals surface area contributed by atoms with Gasteiger partial charge in [-0.05, 0) is 0 Å². The van der Waals surface area contributed by atoms with Gasteiger partial charge in [0.25, 0.3) is 0 Å². The summed E-state index contributed by atoms with van der Waals surface area (Å²) >= 11 is 0. The van der Waals surface area contributed by atoms with E-state index in [2.05, 4.69) is 29.9 Å². The second-order valence-corrected chi connectivity index (χ2v) is 2.37. The van der Waals surface area contributed by atoms with Crippen LogP contribution in [0, 0.1) is 0 Å². The second kappa shape index (κ2) is 11.1. The molecular weight excluding hydrogens is 443 g/mol. The summed E-state index contributed by atoms with van der Waals surface area (Å²) in [6, 6.07) is -6.50. The maximum Gasteiger partial charge on any atom is 2.00 e. The van der Waals surface area contributed by atoms with E-state index in [1.807, 2.05) is 0 Å². The van der Waals surface area contributed by atoms with Crippen molar-refractivity contribution in [2.24, 2.45) is 0 Å². The molecular formula is C6Cu3N6O6. The molecule has 0 saturated carbocycles. The van der Waals surface area contributed by atoms with E-state index in [4.69, 9.17) is 0 Å². The van der Waals surface area contributed by atoms with E-state index in [9.17, 15) is 30.6 Å². The van der Waals surface area contributed by atoms with Gasteiger partial charge in [-0.25, -0.2) is 29.9 Å². The Balaban J connectivity index is -0.000000270. The zero-order valence-corrected chi connectivity index (χ0v) is 11.9. The van der Waals surface area contributed by atoms with Crippen LogP contribution in [0.25, 0.3) is 0 Å². The first-order chi connectivity index (χ1) is 8.36. The van der Waals surface area contributed by atoms with Gasteiger partial charge in [0.15, 0.2) is 0 Å². The summed E-state index contributed by atoms with van der Waals surface area (Å²) < 4.78 is 0. The molecule has 0 saturated heterocycles. The van der Waals surface area contributed by atoms with Gasteiger partial charge in [0.2, 0.25) is 0 Å². The summed E-state index contributed by atoms with van der Waals surface area (Å²) in [5.41, 5.74) is 0. The van der Waals surface area contributed by atoms with Crippen LogP contribution >= 0.6 is 0 Å². The summed E-state index contributed by atoms with van der Waals surface area (Å²) in [6.45, 7) is 0. The number of aromatic nitrogens is 6. The second-order valence-electron chi connectivity index (χ2n) is 2.37. The molecule has 15 heteroatoms. The molecule has 2 rings (SSSR count). The normalized spacial score (nSPS) is 8.00. The Kier molecular flexibility index (Phi) is 12.9. The Bertz CT molecular complexity index is 412. The molecule has 0 aromatic carbocycles. The smallest absolute Gasteiger partial charge is 0.844 e. The third-order valence-corrected chi connectivity index (χ3v) is 1.15. The third-order valence-electron chi connectivity index (χ3n) is 1.15. The average molecular weight is 443 g/mol. The fraction of sp³-hybridized carbons (Fsp3) is 0. The van der Waals surface area contributed by atoms with Gasteiger partial charge in [0, 0.05) is 0 Å². The van der Waals surface area contributed by atoms with E-state index in [1.54, 1.807) is 0 Å². The molecule has 0 aliphatic carbocycles. The molecule has 0 unspecified atom stereocenters. The van der Waals surface area contributed by atoms with Crippen molar-refractivity contribution < 1.29 is 81.8 Å². The minimum Gasteiger partial charge on any atom is -0.844 e. The molecule has 0 atom stereocenters. The maximum atomic E-state index is 10.0. The van der Waals surface area contributed by atoms with Crippen LogP contribution in [0.3, 0.4) is 0 Å². The van der Waals surface area contributed by atoms with Crippen LogP contribution in [0.1, 0.15) is 0 Å². The Morgan fingerprint density at radius 1 is 0.333 bits per heavy atom. The van der Waals surface area contributed by atoms with Crippen molar-refractivity contribution in [3.63, 3.8) is 0 Å². The van der Waals surface area contributed by atoms with Crippen molar-refractivity contribution in [3.8, 4) is 36.1 Å². The monoisotopic (exact) mass is 441 g/mol. The molecule has 0 bridgehead atoms. The van der Waals surface area contributed by atoms with E-state index in [-0.39, 0.29) is 51.2 Å². The van der Waals surface area contributed by atoms with Gasteiger partial charge in [0.05, 0.1) is 36.1 Å². The van der Waals surface area contributed by atoms with Crippen LogP contribution in [0.2, 0.25) is 0 Å². The van der Waals surface area contributed by atoms with Crippen molar-refractivity contribution in [3.05, 3.63) is 0 Å². The zero-order valence-electron chi connectivity index (χ0n) is 9.04. The molecule has 0 amide bonds. The van der Waals surface area contributed by atoms with Crippen molar-refractivity contribution in [2.75, 3.05) is 0 Å². The van der Waals surface area contributed by atoms with E-state index in [0.29, 0.717) is 0 Å².